The zero-order valence-electron chi connectivity index (χ0n) is 11.2. The fraction of sp³-hybridized carbons (Fsp3) is 0.357. The van der Waals surface area contributed by atoms with Crippen LogP contribution < -0.4 is 5.73 Å². The van der Waals surface area contributed by atoms with E-state index in [2.05, 4.69) is 9.72 Å². The molecular formula is C14H18N2O4. The molecule has 108 valence electrons. The van der Waals surface area contributed by atoms with Crippen molar-refractivity contribution >= 4 is 16.9 Å². The lowest BCUT2D eigenvalue weighted by atomic mass is 10.0. The van der Waals surface area contributed by atoms with Crippen LogP contribution in [0, 0.1) is 0 Å². The van der Waals surface area contributed by atoms with Crippen molar-refractivity contribution in [2.24, 2.45) is 5.73 Å². The zero-order valence-corrected chi connectivity index (χ0v) is 11.2. The van der Waals surface area contributed by atoms with Gasteiger partial charge in [-0.05, 0) is 30.7 Å². The summed E-state index contributed by atoms with van der Waals surface area (Å²) < 4.78 is 4.64. The molecule has 0 fully saturated rings. The summed E-state index contributed by atoms with van der Waals surface area (Å²) in [5.41, 5.74) is 6.97. The number of aliphatic hydroxyl groups excluding tert-OH is 2. The number of carbonyl (C=O) groups is 1. The SMILES string of the molecule is COC(=O)c1cc2ccc(C(O)C(O)CCN)cc2[nH]1. The highest BCUT2D eigenvalue weighted by Gasteiger charge is 2.18. The Morgan fingerprint density at radius 2 is 2.15 bits per heavy atom. The number of esters is 1. The minimum absolute atomic E-state index is 0.301. The van der Waals surface area contributed by atoms with E-state index < -0.39 is 18.2 Å². The minimum atomic E-state index is -1.01. The van der Waals surface area contributed by atoms with Gasteiger partial charge in [0.05, 0.1) is 13.2 Å². The average molecular weight is 278 g/mol. The highest BCUT2D eigenvalue weighted by molar-refractivity contribution is 5.94. The van der Waals surface area contributed by atoms with E-state index in [9.17, 15) is 15.0 Å². The first-order chi connectivity index (χ1) is 9.56. The average Bonchev–Trinajstić information content (AvgIpc) is 2.88. The molecule has 2 atom stereocenters. The van der Waals surface area contributed by atoms with E-state index in [-0.39, 0.29) is 0 Å². The Morgan fingerprint density at radius 3 is 2.80 bits per heavy atom. The van der Waals surface area contributed by atoms with Crippen LogP contribution in [0.3, 0.4) is 0 Å². The third kappa shape index (κ3) is 2.82. The van der Waals surface area contributed by atoms with Gasteiger partial charge in [0.2, 0.25) is 0 Å². The largest absolute Gasteiger partial charge is 0.464 e. The van der Waals surface area contributed by atoms with Crippen molar-refractivity contribution in [1.29, 1.82) is 0 Å². The number of ether oxygens (including phenoxy) is 1. The smallest absolute Gasteiger partial charge is 0.354 e. The Bertz CT molecular complexity index is 608. The molecular weight excluding hydrogens is 260 g/mol. The molecule has 5 N–H and O–H groups in total. The van der Waals surface area contributed by atoms with Crippen molar-refractivity contribution in [1.82, 2.24) is 4.98 Å². The molecule has 20 heavy (non-hydrogen) atoms. The quantitative estimate of drug-likeness (QED) is 0.602. The monoisotopic (exact) mass is 278 g/mol. The van der Waals surface area contributed by atoms with Gasteiger partial charge in [-0.15, -0.1) is 0 Å². The molecule has 0 bridgehead atoms. The lowest BCUT2D eigenvalue weighted by molar-refractivity contribution is 0.0151. The summed E-state index contributed by atoms with van der Waals surface area (Å²) in [6.07, 6.45) is -1.60. The van der Waals surface area contributed by atoms with Gasteiger partial charge >= 0.3 is 5.97 Å². The summed E-state index contributed by atoms with van der Waals surface area (Å²) >= 11 is 0. The van der Waals surface area contributed by atoms with E-state index in [0.717, 1.165) is 5.39 Å². The maximum absolute atomic E-state index is 11.4. The number of nitrogens with two attached hydrogens (primary N) is 1. The Hall–Kier alpha value is -1.89. The topological polar surface area (TPSA) is 109 Å². The Kier molecular flexibility index (Phi) is 4.39. The zero-order chi connectivity index (χ0) is 14.7. The van der Waals surface area contributed by atoms with Crippen LogP contribution in [0.25, 0.3) is 10.9 Å². The summed E-state index contributed by atoms with van der Waals surface area (Å²) in [7, 11) is 1.31. The highest BCUT2D eigenvalue weighted by Crippen LogP contribution is 2.24. The summed E-state index contributed by atoms with van der Waals surface area (Å²) in [5, 5.41) is 20.6. The van der Waals surface area contributed by atoms with Gasteiger partial charge < -0.3 is 25.7 Å². The first-order valence-corrected chi connectivity index (χ1v) is 6.34. The maximum Gasteiger partial charge on any atom is 0.354 e. The number of hydrogen-bond donors (Lipinski definition) is 4. The molecule has 2 unspecified atom stereocenters. The summed E-state index contributed by atoms with van der Waals surface area (Å²) in [5.74, 6) is -0.452. The van der Waals surface area contributed by atoms with Gasteiger partial charge in [0.15, 0.2) is 0 Å². The van der Waals surface area contributed by atoms with Gasteiger partial charge in [-0.1, -0.05) is 12.1 Å². The van der Waals surface area contributed by atoms with Crippen molar-refractivity contribution in [3.63, 3.8) is 0 Å². The van der Waals surface area contributed by atoms with E-state index in [1.165, 1.54) is 7.11 Å². The number of aromatic nitrogens is 1. The number of methoxy groups -OCH3 is 1. The second-order valence-corrected chi connectivity index (χ2v) is 4.61. The Labute approximate surface area is 116 Å². The molecule has 0 radical (unpaired) electrons. The van der Waals surface area contributed by atoms with Crippen LogP contribution in [-0.4, -0.2) is 40.9 Å². The number of carbonyl (C=O) groups excluding carboxylic acids is 1. The van der Waals surface area contributed by atoms with Gasteiger partial charge in [0.25, 0.3) is 0 Å². The summed E-state index contributed by atoms with van der Waals surface area (Å²) in [6.45, 7) is 0.301. The number of benzene rings is 1. The molecule has 2 aromatic rings. The maximum atomic E-state index is 11.4. The minimum Gasteiger partial charge on any atom is -0.464 e. The van der Waals surface area contributed by atoms with Crippen molar-refractivity contribution in [2.45, 2.75) is 18.6 Å². The third-order valence-electron chi connectivity index (χ3n) is 3.22. The van der Waals surface area contributed by atoms with Gasteiger partial charge in [-0.25, -0.2) is 4.79 Å². The van der Waals surface area contributed by atoms with Crippen molar-refractivity contribution in [3.8, 4) is 0 Å². The number of aromatic amines is 1. The van der Waals surface area contributed by atoms with Crippen LogP contribution in [0.1, 0.15) is 28.6 Å². The number of rotatable bonds is 5. The van der Waals surface area contributed by atoms with Gasteiger partial charge in [0, 0.05) is 10.9 Å². The molecule has 6 heteroatoms. The van der Waals surface area contributed by atoms with E-state index in [1.807, 2.05) is 0 Å². The lowest BCUT2D eigenvalue weighted by Gasteiger charge is -2.17. The Morgan fingerprint density at radius 1 is 1.40 bits per heavy atom. The van der Waals surface area contributed by atoms with Crippen molar-refractivity contribution < 1.29 is 19.7 Å². The molecule has 2 rings (SSSR count). The fourth-order valence-electron chi connectivity index (χ4n) is 2.10. The molecule has 0 saturated heterocycles. The lowest BCUT2D eigenvalue weighted by Crippen LogP contribution is -2.21. The molecule has 0 aliphatic heterocycles. The van der Waals surface area contributed by atoms with E-state index >= 15 is 0 Å². The third-order valence-corrected chi connectivity index (χ3v) is 3.22. The molecule has 0 aliphatic rings. The predicted molar refractivity (Wildman–Crippen MR) is 74.3 cm³/mol. The number of H-pyrrole nitrogens is 1. The number of hydrogen-bond acceptors (Lipinski definition) is 5. The standard InChI is InChI=1S/C14H18N2O4/c1-20-14(19)11-6-8-2-3-9(7-10(8)16-11)13(18)12(17)4-5-15/h2-3,6-7,12-13,16-18H,4-5,15H2,1H3. The van der Waals surface area contributed by atoms with E-state index in [0.29, 0.717) is 29.7 Å². The van der Waals surface area contributed by atoms with Crippen molar-refractivity contribution in [2.75, 3.05) is 13.7 Å². The molecule has 0 spiro atoms. The second-order valence-electron chi connectivity index (χ2n) is 4.61. The second kappa shape index (κ2) is 6.04. The van der Waals surface area contributed by atoms with Crippen LogP contribution in [-0.2, 0) is 4.74 Å². The first kappa shape index (κ1) is 14.5. The fourth-order valence-corrected chi connectivity index (χ4v) is 2.10. The van der Waals surface area contributed by atoms with Crippen LogP contribution >= 0.6 is 0 Å². The van der Waals surface area contributed by atoms with Crippen molar-refractivity contribution in [3.05, 3.63) is 35.5 Å². The van der Waals surface area contributed by atoms with Crippen LogP contribution in [0.15, 0.2) is 24.3 Å². The Balaban J connectivity index is 2.31. The number of aliphatic hydroxyl groups is 2. The molecule has 1 aromatic carbocycles. The number of nitrogens with one attached hydrogen (secondary N) is 1. The van der Waals surface area contributed by atoms with E-state index in [4.69, 9.17) is 5.73 Å². The molecule has 0 saturated carbocycles. The number of fused-ring (bicyclic) bond motifs is 1. The summed E-state index contributed by atoms with van der Waals surface area (Å²) in [4.78, 5) is 14.4. The van der Waals surface area contributed by atoms with Gasteiger partial charge in [-0.2, -0.15) is 0 Å². The summed E-state index contributed by atoms with van der Waals surface area (Å²) in [6, 6.07) is 6.85. The molecule has 0 amide bonds. The van der Waals surface area contributed by atoms with Crippen LogP contribution in [0.2, 0.25) is 0 Å². The highest BCUT2D eigenvalue weighted by atomic mass is 16.5. The predicted octanol–water partition coefficient (Wildman–Crippen LogP) is 0.698. The molecule has 1 heterocycles. The van der Waals surface area contributed by atoms with E-state index in [1.54, 1.807) is 24.3 Å². The molecule has 6 nitrogen and oxygen atoms in total. The first-order valence-electron chi connectivity index (χ1n) is 6.34. The van der Waals surface area contributed by atoms with Crippen LogP contribution in [0.4, 0.5) is 0 Å². The van der Waals surface area contributed by atoms with Gasteiger partial charge in [-0.3, -0.25) is 0 Å². The molecule has 1 aromatic heterocycles. The van der Waals surface area contributed by atoms with Gasteiger partial charge in [0.1, 0.15) is 11.8 Å². The molecule has 0 aliphatic carbocycles. The normalized spacial score (nSPS) is 14.2. The van der Waals surface area contributed by atoms with Crippen LogP contribution in [0.5, 0.6) is 0 Å².